The van der Waals surface area contributed by atoms with Crippen molar-refractivity contribution >= 4 is 34.8 Å². The normalized spacial score (nSPS) is 15.7. The van der Waals surface area contributed by atoms with Crippen molar-refractivity contribution in [2.24, 2.45) is 5.92 Å². The molecule has 1 aliphatic carbocycles. The first-order valence-electron chi connectivity index (χ1n) is 12.9. The molecule has 7 heteroatoms. The summed E-state index contributed by atoms with van der Waals surface area (Å²) >= 11 is 5.96. The molecule has 35 heavy (non-hydrogen) atoms. The van der Waals surface area contributed by atoms with Crippen LogP contribution in [-0.4, -0.2) is 34.1 Å². The Morgan fingerprint density at radius 2 is 1.86 bits per heavy atom. The molecule has 1 heterocycles. The average molecular weight is 501 g/mol. The van der Waals surface area contributed by atoms with Gasteiger partial charge in [0.1, 0.15) is 16.6 Å². The van der Waals surface area contributed by atoms with E-state index in [0.717, 1.165) is 23.5 Å². The minimum Gasteiger partial charge on any atom is -0.460 e. The molecular weight excluding hydrogens is 460 g/mol. The molecule has 3 rings (SSSR count). The number of anilines is 3. The van der Waals surface area contributed by atoms with E-state index in [1.807, 2.05) is 20.8 Å². The van der Waals surface area contributed by atoms with Gasteiger partial charge in [-0.1, -0.05) is 57.7 Å². The van der Waals surface area contributed by atoms with Gasteiger partial charge in [0.2, 0.25) is 0 Å². The Labute approximate surface area is 215 Å². The van der Waals surface area contributed by atoms with Crippen molar-refractivity contribution in [3.63, 3.8) is 0 Å². The highest BCUT2D eigenvalue weighted by molar-refractivity contribution is 6.29. The zero-order valence-electron chi connectivity index (χ0n) is 22.1. The van der Waals surface area contributed by atoms with Crippen molar-refractivity contribution in [1.82, 2.24) is 9.97 Å². The first kappa shape index (κ1) is 27.3. The lowest BCUT2D eigenvalue weighted by molar-refractivity contribution is -0.155. The molecule has 1 aromatic carbocycles. The van der Waals surface area contributed by atoms with Crippen LogP contribution in [0.15, 0.2) is 30.6 Å². The van der Waals surface area contributed by atoms with Gasteiger partial charge < -0.3 is 15.0 Å². The topological polar surface area (TPSA) is 67.3 Å². The molecule has 1 atom stereocenters. The molecule has 1 aromatic heterocycles. The summed E-state index contributed by atoms with van der Waals surface area (Å²) < 4.78 is 5.56. The summed E-state index contributed by atoms with van der Waals surface area (Å²) in [5, 5.41) is 3.85. The van der Waals surface area contributed by atoms with E-state index in [9.17, 15) is 4.79 Å². The number of carbonyl (C=O) groups excluding carboxylic acids is 1. The van der Waals surface area contributed by atoms with Gasteiger partial charge in [0.05, 0.1) is 30.2 Å². The highest BCUT2D eigenvalue weighted by Crippen LogP contribution is 2.37. The van der Waals surface area contributed by atoms with Crippen LogP contribution < -0.4 is 10.2 Å². The first-order chi connectivity index (χ1) is 16.5. The second kappa shape index (κ2) is 12.1. The molecule has 1 saturated carbocycles. The maximum Gasteiger partial charge on any atom is 0.306 e. The van der Waals surface area contributed by atoms with E-state index < -0.39 is 5.60 Å². The Bertz CT molecular complexity index is 966. The van der Waals surface area contributed by atoms with E-state index in [-0.39, 0.29) is 11.9 Å². The smallest absolute Gasteiger partial charge is 0.306 e. The van der Waals surface area contributed by atoms with Crippen LogP contribution in [-0.2, 0) is 9.53 Å². The number of nitrogens with one attached hydrogen (secondary N) is 1. The molecule has 0 amide bonds. The largest absolute Gasteiger partial charge is 0.460 e. The maximum absolute atomic E-state index is 12.5. The van der Waals surface area contributed by atoms with Gasteiger partial charge in [-0.05, 0) is 63.1 Å². The van der Waals surface area contributed by atoms with Crippen molar-refractivity contribution in [2.45, 2.75) is 97.6 Å². The third kappa shape index (κ3) is 8.38. The Kier molecular flexibility index (Phi) is 9.40. The predicted octanol–water partition coefficient (Wildman–Crippen LogP) is 7.50. The number of hydrogen-bond acceptors (Lipinski definition) is 6. The van der Waals surface area contributed by atoms with Gasteiger partial charge >= 0.3 is 5.97 Å². The van der Waals surface area contributed by atoms with Crippen molar-refractivity contribution in [1.29, 1.82) is 0 Å². The highest BCUT2D eigenvalue weighted by Gasteiger charge is 2.26. The molecule has 6 nitrogen and oxygen atoms in total. The molecular formula is C28H41ClN4O2. The maximum atomic E-state index is 12.5. The van der Waals surface area contributed by atoms with Crippen LogP contribution in [0.5, 0.6) is 0 Å². The summed E-state index contributed by atoms with van der Waals surface area (Å²) in [6.07, 6.45) is 9.81. The van der Waals surface area contributed by atoms with Crippen LogP contribution in [0.3, 0.4) is 0 Å². The average Bonchev–Trinajstić information content (AvgIpc) is 2.78. The van der Waals surface area contributed by atoms with Gasteiger partial charge in [-0.3, -0.25) is 4.79 Å². The molecule has 1 unspecified atom stereocenters. The molecule has 1 aliphatic rings. The van der Waals surface area contributed by atoms with Gasteiger partial charge in [-0.25, -0.2) is 9.97 Å². The van der Waals surface area contributed by atoms with E-state index >= 15 is 0 Å². The quantitative estimate of drug-likeness (QED) is 0.359. The number of nitrogens with zero attached hydrogens (tertiary/aromatic N) is 3. The molecule has 0 aliphatic heterocycles. The molecule has 2 aromatic rings. The third-order valence-electron chi connectivity index (χ3n) is 6.25. The summed E-state index contributed by atoms with van der Waals surface area (Å²) in [5.74, 6) is 1.01. The van der Waals surface area contributed by atoms with Crippen molar-refractivity contribution in [3.05, 3.63) is 41.3 Å². The molecule has 0 saturated heterocycles. The Morgan fingerprint density at radius 3 is 2.46 bits per heavy atom. The van der Waals surface area contributed by atoms with Gasteiger partial charge in [0.25, 0.3) is 0 Å². The summed E-state index contributed by atoms with van der Waals surface area (Å²) in [5.41, 5.74) is 2.73. The number of benzene rings is 1. The number of carbonyl (C=O) groups is 1. The fraction of sp³-hybridized carbons (Fsp3) is 0.607. The lowest BCUT2D eigenvalue weighted by atomic mass is 9.92. The molecule has 0 radical (unpaired) electrons. The van der Waals surface area contributed by atoms with E-state index in [1.165, 1.54) is 32.1 Å². The van der Waals surface area contributed by atoms with Crippen LogP contribution in [0, 0.1) is 5.92 Å². The van der Waals surface area contributed by atoms with Gasteiger partial charge in [0, 0.05) is 12.6 Å². The number of aromatic nitrogens is 2. The van der Waals surface area contributed by atoms with Crippen LogP contribution in [0.1, 0.15) is 91.5 Å². The monoisotopic (exact) mass is 500 g/mol. The number of esters is 1. The highest BCUT2D eigenvalue weighted by atomic mass is 35.5. The van der Waals surface area contributed by atoms with Crippen molar-refractivity contribution in [3.8, 4) is 0 Å². The molecule has 0 bridgehead atoms. The van der Waals surface area contributed by atoms with E-state index in [4.69, 9.17) is 16.3 Å². The van der Waals surface area contributed by atoms with Gasteiger partial charge in [-0.2, -0.15) is 0 Å². The second-order valence-electron chi connectivity index (χ2n) is 11.2. The number of ether oxygens (including phenoxy) is 1. The Balaban J connectivity index is 1.95. The summed E-state index contributed by atoms with van der Waals surface area (Å²) in [6.45, 7) is 13.3. The zero-order chi connectivity index (χ0) is 25.6. The van der Waals surface area contributed by atoms with Crippen molar-refractivity contribution < 1.29 is 9.53 Å². The molecule has 1 N–H and O–H groups in total. The summed E-state index contributed by atoms with van der Waals surface area (Å²) in [4.78, 5) is 23.6. The standard InChI is InChI=1S/C28H41ClN4O2/c1-19(2)18-33(22-10-8-7-9-11-22)24-13-12-21(20(3)14-27(34)35-28(4,5)6)15-23(24)32-26-17-30-25(29)16-31-26/h12-13,15-17,19-20,22H,7-11,14,18H2,1-6H3,(H,31,32). The SMILES string of the molecule is CC(C)CN(c1ccc(C(C)CC(=O)OC(C)(C)C)cc1Nc1cnc(Cl)cn1)C1CCCCC1. The second-order valence-corrected chi connectivity index (χ2v) is 11.5. The van der Waals surface area contributed by atoms with Gasteiger partial charge in [-0.15, -0.1) is 0 Å². The third-order valence-corrected chi connectivity index (χ3v) is 6.45. The van der Waals surface area contributed by atoms with Crippen LogP contribution in [0.4, 0.5) is 17.2 Å². The lowest BCUT2D eigenvalue weighted by Gasteiger charge is -2.38. The number of rotatable bonds is 9. The molecule has 1 fully saturated rings. The summed E-state index contributed by atoms with van der Waals surface area (Å²) in [6, 6.07) is 7.02. The van der Waals surface area contributed by atoms with Crippen LogP contribution in [0.25, 0.3) is 0 Å². The lowest BCUT2D eigenvalue weighted by Crippen LogP contribution is -2.39. The number of hydrogen-bond donors (Lipinski definition) is 1. The number of halogens is 1. The fourth-order valence-corrected chi connectivity index (χ4v) is 4.80. The summed E-state index contributed by atoms with van der Waals surface area (Å²) in [7, 11) is 0. The first-order valence-corrected chi connectivity index (χ1v) is 13.3. The van der Waals surface area contributed by atoms with E-state index in [2.05, 4.69) is 59.2 Å². The Hall–Kier alpha value is -2.34. The molecule has 0 spiro atoms. The van der Waals surface area contributed by atoms with Crippen molar-refractivity contribution in [2.75, 3.05) is 16.8 Å². The van der Waals surface area contributed by atoms with Gasteiger partial charge in [0.15, 0.2) is 0 Å². The zero-order valence-corrected chi connectivity index (χ0v) is 22.9. The fourth-order valence-electron chi connectivity index (χ4n) is 4.71. The minimum absolute atomic E-state index is 0.0176. The molecule has 192 valence electrons. The minimum atomic E-state index is -0.488. The van der Waals surface area contributed by atoms with Crippen LogP contribution >= 0.6 is 11.6 Å². The van der Waals surface area contributed by atoms with E-state index in [0.29, 0.717) is 29.4 Å². The van der Waals surface area contributed by atoms with E-state index in [1.54, 1.807) is 12.4 Å². The Morgan fingerprint density at radius 1 is 1.14 bits per heavy atom. The predicted molar refractivity (Wildman–Crippen MR) is 145 cm³/mol. The van der Waals surface area contributed by atoms with Crippen LogP contribution in [0.2, 0.25) is 5.15 Å².